The van der Waals surface area contributed by atoms with Crippen LogP contribution in [0.5, 0.6) is 5.75 Å². The molecule has 2 amide bonds. The Labute approximate surface area is 236 Å². The Morgan fingerprint density at radius 1 is 1.12 bits per heavy atom. The van der Waals surface area contributed by atoms with E-state index in [9.17, 15) is 14.0 Å². The van der Waals surface area contributed by atoms with Gasteiger partial charge in [-0.1, -0.05) is 12.1 Å². The van der Waals surface area contributed by atoms with Crippen LogP contribution in [-0.4, -0.2) is 62.4 Å². The van der Waals surface area contributed by atoms with E-state index in [0.29, 0.717) is 64.4 Å². The number of rotatable bonds is 5. The van der Waals surface area contributed by atoms with Gasteiger partial charge in [-0.3, -0.25) is 9.48 Å². The molecular weight excluding hydrogens is 527 g/mol. The SMILES string of the molecule is COc1cc2ncnc(-c3cn(C)nc3-c3ccccc3F)c2cc1NC(=O)C12CC1CN(C(=O)OC(C)(C)C)C2. The summed E-state index contributed by atoms with van der Waals surface area (Å²) < 4.78 is 27.5. The van der Waals surface area contributed by atoms with Gasteiger partial charge in [0, 0.05) is 48.9 Å². The van der Waals surface area contributed by atoms with E-state index in [1.54, 1.807) is 53.2 Å². The third-order valence-corrected chi connectivity index (χ3v) is 7.67. The maximum atomic E-state index is 14.8. The molecule has 2 atom stereocenters. The fourth-order valence-electron chi connectivity index (χ4n) is 5.63. The van der Waals surface area contributed by atoms with Gasteiger partial charge >= 0.3 is 6.09 Å². The van der Waals surface area contributed by atoms with E-state index in [2.05, 4.69) is 20.4 Å². The fraction of sp³-hybridized carbons (Fsp3) is 0.367. The third-order valence-electron chi connectivity index (χ3n) is 7.67. The summed E-state index contributed by atoms with van der Waals surface area (Å²) >= 11 is 0. The van der Waals surface area contributed by atoms with Gasteiger partial charge in [-0.2, -0.15) is 5.10 Å². The molecule has 1 aliphatic heterocycles. The molecule has 10 nitrogen and oxygen atoms in total. The van der Waals surface area contributed by atoms with E-state index >= 15 is 0 Å². The number of anilines is 1. The molecular formula is C30H31FN6O4. The van der Waals surface area contributed by atoms with Crippen molar-refractivity contribution in [2.75, 3.05) is 25.5 Å². The highest BCUT2D eigenvalue weighted by molar-refractivity contribution is 6.04. The average Bonchev–Trinajstić information content (AvgIpc) is 3.27. The number of amides is 2. The van der Waals surface area contributed by atoms with Crippen LogP contribution in [0.15, 0.2) is 48.9 Å². The summed E-state index contributed by atoms with van der Waals surface area (Å²) in [5.74, 6) is -0.0700. The Bertz CT molecular complexity index is 1700. The van der Waals surface area contributed by atoms with Crippen LogP contribution >= 0.6 is 0 Å². The molecule has 1 saturated heterocycles. The highest BCUT2D eigenvalue weighted by Gasteiger charge is 2.66. The van der Waals surface area contributed by atoms with E-state index in [1.807, 2.05) is 20.8 Å². The Balaban J connectivity index is 1.34. The Morgan fingerprint density at radius 3 is 2.63 bits per heavy atom. The Kier molecular flexibility index (Phi) is 6.20. The summed E-state index contributed by atoms with van der Waals surface area (Å²) in [6.07, 6.45) is 3.50. The Morgan fingerprint density at radius 2 is 1.90 bits per heavy atom. The summed E-state index contributed by atoms with van der Waals surface area (Å²) in [7, 11) is 3.29. The molecule has 0 spiro atoms. The van der Waals surface area contributed by atoms with Crippen LogP contribution in [0.1, 0.15) is 27.2 Å². The number of piperidine rings is 1. The zero-order valence-corrected chi connectivity index (χ0v) is 23.6. The van der Waals surface area contributed by atoms with Crippen molar-refractivity contribution < 1.29 is 23.5 Å². The van der Waals surface area contributed by atoms with Gasteiger partial charge in [-0.25, -0.2) is 19.2 Å². The smallest absolute Gasteiger partial charge is 0.410 e. The van der Waals surface area contributed by atoms with Gasteiger partial charge in [0.15, 0.2) is 0 Å². The van der Waals surface area contributed by atoms with E-state index in [1.165, 1.54) is 19.5 Å². The molecule has 0 radical (unpaired) electrons. The molecule has 212 valence electrons. The van der Waals surface area contributed by atoms with Crippen molar-refractivity contribution in [3.05, 3.63) is 54.7 Å². The lowest BCUT2D eigenvalue weighted by Gasteiger charge is -2.26. The number of likely N-dealkylation sites (tertiary alicyclic amines) is 1. The largest absolute Gasteiger partial charge is 0.494 e. The second-order valence-electron chi connectivity index (χ2n) is 11.7. The first kappa shape index (κ1) is 26.7. The van der Waals surface area contributed by atoms with Crippen LogP contribution in [0.2, 0.25) is 0 Å². The van der Waals surface area contributed by atoms with Gasteiger partial charge in [0.05, 0.1) is 29.4 Å². The van der Waals surface area contributed by atoms with Gasteiger partial charge in [-0.05, 0) is 51.3 Å². The Hall–Kier alpha value is -4.54. The highest BCUT2D eigenvalue weighted by atomic mass is 19.1. The number of methoxy groups -OCH3 is 1. The van der Waals surface area contributed by atoms with E-state index in [4.69, 9.17) is 9.47 Å². The second kappa shape index (κ2) is 9.53. The predicted molar refractivity (Wildman–Crippen MR) is 151 cm³/mol. The first-order valence-electron chi connectivity index (χ1n) is 13.4. The number of nitrogens with zero attached hydrogens (tertiary/aromatic N) is 5. The van der Waals surface area contributed by atoms with Gasteiger partial charge in [0.25, 0.3) is 0 Å². The number of nitrogens with one attached hydrogen (secondary N) is 1. The molecule has 1 N–H and O–H groups in total. The molecule has 2 aromatic carbocycles. The average molecular weight is 559 g/mol. The van der Waals surface area contributed by atoms with E-state index in [-0.39, 0.29) is 11.8 Å². The fourth-order valence-corrected chi connectivity index (χ4v) is 5.63. The molecule has 4 aromatic rings. The summed E-state index contributed by atoms with van der Waals surface area (Å²) in [6, 6.07) is 9.95. The minimum absolute atomic E-state index is 0.0686. The van der Waals surface area contributed by atoms with Crippen LogP contribution in [-0.2, 0) is 16.6 Å². The number of carbonyl (C=O) groups is 2. The topological polar surface area (TPSA) is 111 Å². The molecule has 2 fully saturated rings. The summed E-state index contributed by atoms with van der Waals surface area (Å²) in [5, 5.41) is 8.20. The number of carbonyl (C=O) groups excluding carboxylic acids is 2. The lowest BCUT2D eigenvalue weighted by atomic mass is 10.0. The minimum Gasteiger partial charge on any atom is -0.494 e. The van der Waals surface area contributed by atoms with Gasteiger partial charge in [-0.15, -0.1) is 0 Å². The number of hydrogen-bond donors (Lipinski definition) is 1. The molecule has 2 aromatic heterocycles. The zero-order valence-electron chi connectivity index (χ0n) is 23.6. The lowest BCUT2D eigenvalue weighted by molar-refractivity contribution is -0.121. The molecule has 0 bridgehead atoms. The van der Waals surface area contributed by atoms with E-state index in [0.717, 1.165) is 0 Å². The van der Waals surface area contributed by atoms with E-state index < -0.39 is 22.9 Å². The summed E-state index contributed by atoms with van der Waals surface area (Å²) in [4.78, 5) is 36.8. The number of benzene rings is 2. The van der Waals surface area contributed by atoms with Crippen LogP contribution < -0.4 is 10.1 Å². The summed E-state index contributed by atoms with van der Waals surface area (Å²) in [5.41, 5.74) is 1.72. The highest BCUT2D eigenvalue weighted by Crippen LogP contribution is 2.58. The zero-order chi connectivity index (χ0) is 29.1. The quantitative estimate of drug-likeness (QED) is 0.365. The maximum Gasteiger partial charge on any atom is 0.410 e. The van der Waals surface area contributed by atoms with Gasteiger partial charge in [0.1, 0.15) is 29.2 Å². The first-order valence-corrected chi connectivity index (χ1v) is 13.4. The van der Waals surface area contributed by atoms with Crippen LogP contribution in [0.4, 0.5) is 14.9 Å². The second-order valence-corrected chi connectivity index (χ2v) is 11.7. The standard InChI is InChI=1S/C30H31FN6O4/c1-29(2,3)41-28(39)37-13-17-12-30(17,15-37)27(38)34-23-10-19-22(11-24(23)40-5)32-16-33-25(19)20-14-36(4)35-26(20)18-8-6-7-9-21(18)31/h6-11,14,16-17H,12-13,15H2,1-5H3,(H,34,38). The molecule has 1 saturated carbocycles. The van der Waals surface area contributed by atoms with Crippen molar-refractivity contribution in [3.63, 3.8) is 0 Å². The van der Waals surface area contributed by atoms with Crippen molar-refractivity contribution in [2.45, 2.75) is 32.8 Å². The van der Waals surface area contributed by atoms with Crippen molar-refractivity contribution in [3.8, 4) is 28.3 Å². The molecule has 2 unspecified atom stereocenters. The summed E-state index contributed by atoms with van der Waals surface area (Å²) in [6.45, 7) is 6.23. The minimum atomic E-state index is -0.672. The van der Waals surface area contributed by atoms with Crippen molar-refractivity contribution in [1.82, 2.24) is 24.6 Å². The van der Waals surface area contributed by atoms with Crippen LogP contribution in [0, 0.1) is 17.2 Å². The number of aromatic nitrogens is 4. The van der Waals surface area contributed by atoms with Crippen LogP contribution in [0.25, 0.3) is 33.4 Å². The lowest BCUT2D eigenvalue weighted by Crippen LogP contribution is -2.39. The molecule has 1 aliphatic carbocycles. The molecule has 2 aliphatic rings. The van der Waals surface area contributed by atoms with Crippen molar-refractivity contribution >= 4 is 28.6 Å². The number of fused-ring (bicyclic) bond motifs is 2. The number of aryl methyl sites for hydroxylation is 1. The molecule has 6 rings (SSSR count). The number of halogens is 1. The van der Waals surface area contributed by atoms with Crippen LogP contribution in [0.3, 0.4) is 0 Å². The monoisotopic (exact) mass is 558 g/mol. The first-order chi connectivity index (χ1) is 19.5. The molecule has 41 heavy (non-hydrogen) atoms. The normalized spacial score (nSPS) is 19.7. The number of ether oxygens (including phenoxy) is 2. The molecule has 11 heteroatoms. The van der Waals surface area contributed by atoms with Crippen molar-refractivity contribution in [2.24, 2.45) is 18.4 Å². The van der Waals surface area contributed by atoms with Gasteiger partial charge < -0.3 is 19.7 Å². The third kappa shape index (κ3) is 4.75. The maximum absolute atomic E-state index is 14.8. The van der Waals surface area contributed by atoms with Crippen molar-refractivity contribution in [1.29, 1.82) is 0 Å². The predicted octanol–water partition coefficient (Wildman–Crippen LogP) is 5.04. The van der Waals surface area contributed by atoms with Gasteiger partial charge in [0.2, 0.25) is 5.91 Å². The molecule has 3 heterocycles. The number of hydrogen-bond acceptors (Lipinski definition) is 7.